The zero-order valence-electron chi connectivity index (χ0n) is 13.4. The van der Waals surface area contributed by atoms with Crippen molar-refractivity contribution in [3.05, 3.63) is 36.4 Å². The lowest BCUT2D eigenvalue weighted by molar-refractivity contribution is -0.114. The van der Waals surface area contributed by atoms with Crippen molar-refractivity contribution in [2.75, 3.05) is 12.4 Å². The molecule has 2 heterocycles. The molecular weight excluding hydrogens is 326 g/mol. The number of hydrogen-bond acceptors (Lipinski definition) is 6. The summed E-state index contributed by atoms with van der Waals surface area (Å²) < 4.78 is 11.4. The number of H-pyrrole nitrogens is 1. The minimum atomic E-state index is 0.0902. The Hall–Kier alpha value is -2.54. The van der Waals surface area contributed by atoms with Crippen molar-refractivity contribution >= 4 is 17.5 Å². The number of furan rings is 1. The van der Waals surface area contributed by atoms with E-state index in [4.69, 9.17) is 9.15 Å². The van der Waals surface area contributed by atoms with E-state index in [9.17, 15) is 4.79 Å². The number of hydrogen-bond donors (Lipinski definition) is 1. The third-order valence-electron chi connectivity index (χ3n) is 3.15. The number of benzene rings is 1. The number of thioether (sulfide) groups is 1. The van der Waals surface area contributed by atoms with Gasteiger partial charge in [-0.2, -0.15) is 0 Å². The summed E-state index contributed by atoms with van der Waals surface area (Å²) >= 11 is 1.32. The van der Waals surface area contributed by atoms with E-state index in [2.05, 4.69) is 15.2 Å². The molecule has 0 aliphatic carbocycles. The van der Waals surface area contributed by atoms with Crippen molar-refractivity contribution in [2.24, 2.45) is 0 Å². The highest BCUT2D eigenvalue weighted by Crippen LogP contribution is 2.29. The number of ketones is 1. The fraction of sp³-hybridized carbons (Fsp3) is 0.235. The Morgan fingerprint density at radius 2 is 2.08 bits per heavy atom. The molecule has 3 aromatic rings. The van der Waals surface area contributed by atoms with Crippen LogP contribution in [0.4, 0.5) is 0 Å². The first kappa shape index (κ1) is 16.3. The average Bonchev–Trinajstić information content (AvgIpc) is 3.23. The highest BCUT2D eigenvalue weighted by molar-refractivity contribution is 7.99. The summed E-state index contributed by atoms with van der Waals surface area (Å²) in [6, 6.07) is 11.4. The Balaban J connectivity index is 1.78. The highest BCUT2D eigenvalue weighted by atomic mass is 32.2. The van der Waals surface area contributed by atoms with Gasteiger partial charge in [-0.1, -0.05) is 23.9 Å². The van der Waals surface area contributed by atoms with Crippen LogP contribution in [0.5, 0.6) is 5.75 Å². The van der Waals surface area contributed by atoms with Gasteiger partial charge in [0.25, 0.3) is 0 Å². The monoisotopic (exact) mass is 343 g/mol. The molecule has 0 aliphatic rings. The number of carbonyl (C=O) groups is 1. The van der Waals surface area contributed by atoms with Crippen LogP contribution >= 0.6 is 11.8 Å². The Kier molecular flexibility index (Phi) is 5.00. The van der Waals surface area contributed by atoms with Gasteiger partial charge in [-0.25, -0.2) is 0 Å². The summed E-state index contributed by atoms with van der Waals surface area (Å²) in [6.07, 6.45) is 0. The molecular formula is C17H17N3O3S. The molecule has 0 spiro atoms. The molecule has 6 nitrogen and oxygen atoms in total. The van der Waals surface area contributed by atoms with Gasteiger partial charge in [-0.05, 0) is 38.1 Å². The zero-order valence-corrected chi connectivity index (χ0v) is 14.2. The fourth-order valence-corrected chi connectivity index (χ4v) is 2.73. The Morgan fingerprint density at radius 1 is 1.25 bits per heavy atom. The van der Waals surface area contributed by atoms with Gasteiger partial charge >= 0.3 is 0 Å². The van der Waals surface area contributed by atoms with Gasteiger partial charge in [-0.3, -0.25) is 4.79 Å². The third kappa shape index (κ3) is 3.86. The Bertz CT molecular complexity index is 841. The van der Waals surface area contributed by atoms with Gasteiger partial charge < -0.3 is 14.1 Å². The number of rotatable bonds is 7. The number of nitrogens with one attached hydrogen (secondary N) is 1. The maximum atomic E-state index is 11.0. The van der Waals surface area contributed by atoms with Gasteiger partial charge in [0.05, 0.1) is 12.4 Å². The van der Waals surface area contributed by atoms with Crippen molar-refractivity contribution in [1.82, 2.24) is 15.2 Å². The molecule has 0 aliphatic heterocycles. The SMILES string of the molecule is CCOc1cccc(-c2ccc(-c3nnc(SCC(C)=O)[nH]3)o2)c1. The minimum absolute atomic E-state index is 0.0902. The van der Waals surface area contributed by atoms with Crippen LogP contribution in [0.3, 0.4) is 0 Å². The smallest absolute Gasteiger partial charge is 0.197 e. The average molecular weight is 343 g/mol. The molecule has 1 aromatic carbocycles. The largest absolute Gasteiger partial charge is 0.494 e. The Morgan fingerprint density at radius 3 is 2.88 bits per heavy atom. The van der Waals surface area contributed by atoms with Crippen LogP contribution in [-0.2, 0) is 4.79 Å². The zero-order chi connectivity index (χ0) is 16.9. The molecule has 3 rings (SSSR count). The standard InChI is InChI=1S/C17H17N3O3S/c1-3-22-13-6-4-5-12(9-13)14-7-8-15(23-14)16-18-17(20-19-16)24-10-11(2)21/h4-9H,3,10H2,1-2H3,(H,18,19,20). The minimum Gasteiger partial charge on any atom is -0.494 e. The van der Waals surface area contributed by atoms with Crippen molar-refractivity contribution in [2.45, 2.75) is 19.0 Å². The molecule has 0 saturated carbocycles. The van der Waals surface area contributed by atoms with E-state index in [1.807, 2.05) is 43.3 Å². The first-order chi connectivity index (χ1) is 11.7. The molecule has 0 radical (unpaired) electrons. The maximum Gasteiger partial charge on any atom is 0.197 e. The summed E-state index contributed by atoms with van der Waals surface area (Å²) in [5.74, 6) is 3.11. The molecule has 0 bridgehead atoms. The van der Waals surface area contributed by atoms with Crippen LogP contribution in [0.15, 0.2) is 46.0 Å². The van der Waals surface area contributed by atoms with Gasteiger partial charge in [0.2, 0.25) is 0 Å². The number of ether oxygens (including phenoxy) is 1. The Labute approximate surface area is 143 Å². The van der Waals surface area contributed by atoms with Gasteiger partial charge in [0, 0.05) is 5.56 Å². The summed E-state index contributed by atoms with van der Waals surface area (Å²) in [7, 11) is 0. The third-order valence-corrected chi connectivity index (χ3v) is 4.16. The maximum absolute atomic E-state index is 11.0. The number of aromatic amines is 1. The molecule has 0 fully saturated rings. The first-order valence-electron chi connectivity index (χ1n) is 7.54. The molecule has 0 unspecified atom stereocenters. The van der Waals surface area contributed by atoms with E-state index in [-0.39, 0.29) is 5.78 Å². The van der Waals surface area contributed by atoms with Crippen molar-refractivity contribution in [3.63, 3.8) is 0 Å². The summed E-state index contributed by atoms with van der Waals surface area (Å²) in [5, 5.41) is 8.67. The van der Waals surface area contributed by atoms with Crippen molar-refractivity contribution < 1.29 is 13.9 Å². The van der Waals surface area contributed by atoms with Crippen LogP contribution in [0.1, 0.15) is 13.8 Å². The van der Waals surface area contributed by atoms with Crippen molar-refractivity contribution in [3.8, 4) is 28.7 Å². The molecule has 0 saturated heterocycles. The number of aromatic nitrogens is 3. The van der Waals surface area contributed by atoms with E-state index in [0.29, 0.717) is 29.1 Å². The summed E-state index contributed by atoms with van der Waals surface area (Å²) in [6.45, 7) is 4.11. The fourth-order valence-electron chi connectivity index (χ4n) is 2.12. The lowest BCUT2D eigenvalue weighted by Crippen LogP contribution is -1.93. The van der Waals surface area contributed by atoms with Crippen molar-refractivity contribution in [1.29, 1.82) is 0 Å². The van der Waals surface area contributed by atoms with E-state index in [1.165, 1.54) is 11.8 Å². The number of nitrogens with zero attached hydrogens (tertiary/aromatic N) is 2. The van der Waals surface area contributed by atoms with Crippen LogP contribution in [0, 0.1) is 0 Å². The second-order valence-corrected chi connectivity index (χ2v) is 6.06. The van der Waals surface area contributed by atoms with E-state index in [0.717, 1.165) is 17.1 Å². The topological polar surface area (TPSA) is 81.0 Å². The highest BCUT2D eigenvalue weighted by Gasteiger charge is 2.12. The summed E-state index contributed by atoms with van der Waals surface area (Å²) in [4.78, 5) is 14.1. The lowest BCUT2D eigenvalue weighted by atomic mass is 10.1. The van der Waals surface area contributed by atoms with E-state index in [1.54, 1.807) is 6.92 Å². The van der Waals surface area contributed by atoms with E-state index >= 15 is 0 Å². The first-order valence-corrected chi connectivity index (χ1v) is 8.52. The quantitative estimate of drug-likeness (QED) is 0.657. The molecule has 2 aromatic heterocycles. The molecule has 0 atom stereocenters. The van der Waals surface area contributed by atoms with Gasteiger partial charge in [0.1, 0.15) is 17.3 Å². The number of Topliss-reactive ketones (excluding diaryl/α,β-unsaturated/α-hetero) is 1. The van der Waals surface area contributed by atoms with Gasteiger partial charge in [-0.15, -0.1) is 10.2 Å². The number of carbonyl (C=O) groups excluding carboxylic acids is 1. The van der Waals surface area contributed by atoms with Gasteiger partial charge in [0.15, 0.2) is 16.7 Å². The second kappa shape index (κ2) is 7.35. The lowest BCUT2D eigenvalue weighted by Gasteiger charge is -2.04. The predicted molar refractivity (Wildman–Crippen MR) is 92.1 cm³/mol. The van der Waals surface area contributed by atoms with Crippen LogP contribution in [0.2, 0.25) is 0 Å². The molecule has 1 N–H and O–H groups in total. The second-order valence-electron chi connectivity index (χ2n) is 5.09. The molecule has 24 heavy (non-hydrogen) atoms. The van der Waals surface area contributed by atoms with Crippen LogP contribution < -0.4 is 4.74 Å². The molecule has 0 amide bonds. The normalized spacial score (nSPS) is 10.8. The molecule has 7 heteroatoms. The van der Waals surface area contributed by atoms with E-state index < -0.39 is 0 Å². The summed E-state index contributed by atoms with van der Waals surface area (Å²) in [5.41, 5.74) is 0.929. The van der Waals surface area contributed by atoms with Crippen LogP contribution in [-0.4, -0.2) is 33.3 Å². The molecule has 124 valence electrons. The van der Waals surface area contributed by atoms with Crippen LogP contribution in [0.25, 0.3) is 22.9 Å². The predicted octanol–water partition coefficient (Wildman–Crippen LogP) is 3.81.